The summed E-state index contributed by atoms with van der Waals surface area (Å²) in [6.07, 6.45) is 0. The van der Waals surface area contributed by atoms with Crippen LogP contribution in [0.5, 0.6) is 0 Å². The number of nitrogens with one attached hydrogen (secondary N) is 15. The van der Waals surface area contributed by atoms with Gasteiger partial charge in [0.25, 0.3) is 0 Å². The third-order valence-corrected chi connectivity index (χ3v) is 10.8. The van der Waals surface area contributed by atoms with Crippen LogP contribution < -0.4 is 79.8 Å². The van der Waals surface area contributed by atoms with Crippen LogP contribution in [0.15, 0.2) is 0 Å². The highest BCUT2D eigenvalue weighted by molar-refractivity contribution is 5.99. The highest BCUT2D eigenvalue weighted by atomic mass is 16.2. The van der Waals surface area contributed by atoms with Crippen LogP contribution in [-0.4, -0.2) is 180 Å². The van der Waals surface area contributed by atoms with Crippen LogP contribution in [0, 0.1) is 0 Å². The van der Waals surface area contributed by atoms with E-state index in [1.165, 1.54) is 111 Å². The highest BCUT2D eigenvalue weighted by Gasteiger charge is 2.31. The smallest absolute Gasteiger partial charge is 0.242 e. The molecule has 0 aliphatic rings. The van der Waals surface area contributed by atoms with E-state index in [1.54, 1.807) is 0 Å². The molecule has 15 N–H and O–H groups in total. The van der Waals surface area contributed by atoms with Crippen LogP contribution >= 0.6 is 0 Å². The van der Waals surface area contributed by atoms with Crippen molar-refractivity contribution in [1.29, 1.82) is 0 Å². The zero-order valence-corrected chi connectivity index (χ0v) is 45.2. The van der Waals surface area contributed by atoms with Crippen molar-refractivity contribution >= 4 is 88.6 Å². The molecule has 422 valence electrons. The summed E-state index contributed by atoms with van der Waals surface area (Å²) < 4.78 is 0. The predicted molar refractivity (Wildman–Crippen MR) is 266 cm³/mol. The van der Waals surface area contributed by atoms with Gasteiger partial charge >= 0.3 is 0 Å². The highest BCUT2D eigenvalue weighted by Crippen LogP contribution is 1.98. The SMILES string of the molecule is CNC(=O)[C@H](C)NC(=O)[C@H](C)NC(=O)[C@H](C)NC(=O)[C@H](C)NC(=O)[C@H](C)NC(=O)[C@H](C)NC(=O)[C@H](C)NC(=O)[C@H](C)NC(=O)[C@H](C)NC(=O)[C@H](C)NC(=O)[C@H](C)NC(=O)[C@H](C)NC(=O)[C@H](C)NC(=O)[C@H](C)NC(C)=O. The van der Waals surface area contributed by atoms with Gasteiger partial charge < -0.3 is 79.8 Å². The molecule has 0 heterocycles. The summed E-state index contributed by atoms with van der Waals surface area (Å²) in [6, 6.07) is -16.1. The number of amides is 15. The maximum Gasteiger partial charge on any atom is 0.242 e. The zero-order chi connectivity index (χ0) is 58.3. The molecular weight excluding hydrogens is 991 g/mol. The van der Waals surface area contributed by atoms with Crippen LogP contribution in [0.2, 0.25) is 0 Å². The lowest BCUT2D eigenvalue weighted by Gasteiger charge is -2.24. The molecule has 75 heavy (non-hydrogen) atoms. The molecule has 0 spiro atoms. The van der Waals surface area contributed by atoms with E-state index < -0.39 is 173 Å². The molecule has 0 aromatic carbocycles. The number of rotatable bonds is 28. The lowest BCUT2D eigenvalue weighted by molar-refractivity contribution is -0.135. The van der Waals surface area contributed by atoms with Crippen molar-refractivity contribution in [2.45, 2.75) is 188 Å². The second kappa shape index (κ2) is 31.6. The second-order valence-corrected chi connectivity index (χ2v) is 18.0. The van der Waals surface area contributed by atoms with Crippen LogP contribution in [0.25, 0.3) is 0 Å². The standard InChI is InChI=1S/C45H77N15O15/c1-17(32(62)46-16)48-34(64)19(3)50-36(66)21(5)52-38(68)23(7)54-40(70)25(9)56-42(72)27(11)58-44(74)29(13)60-45(75)30(14)59-43(73)28(12)57-41(71)26(10)55-39(69)24(8)53-37(67)22(6)51-35(65)20(4)49-33(63)18(2)47-31(15)61/h17-30H,1-16H3,(H,46,62)(H,47,61)(H,48,64)(H,49,63)(H,50,66)(H,51,65)(H,52,68)(H,53,67)(H,54,70)(H,55,69)(H,56,72)(H,57,71)(H,58,74)(H,59,73)(H,60,75)/t17-,18-,19-,20-,21-,22-,23-,24-,25-,26-,27-,28-,29-,30-/m0/s1. The molecule has 0 saturated heterocycles. The van der Waals surface area contributed by atoms with Crippen LogP contribution in [0.3, 0.4) is 0 Å². The monoisotopic (exact) mass is 1070 g/mol. The minimum absolute atomic E-state index is 0.449. The Hall–Kier alpha value is -7.95. The number of likely N-dealkylation sites (N-methyl/N-ethyl adjacent to an activating group) is 1. The number of hydrogen-bond donors (Lipinski definition) is 15. The van der Waals surface area contributed by atoms with E-state index in [1.807, 2.05) is 0 Å². The van der Waals surface area contributed by atoms with Gasteiger partial charge in [0.2, 0.25) is 88.6 Å². The molecule has 14 atom stereocenters. The number of carbonyl (C=O) groups is 15. The van der Waals surface area contributed by atoms with Crippen molar-refractivity contribution in [3.05, 3.63) is 0 Å². The Morgan fingerprint density at radius 2 is 0.280 bits per heavy atom. The fourth-order valence-electron chi connectivity index (χ4n) is 5.84. The van der Waals surface area contributed by atoms with Crippen molar-refractivity contribution < 1.29 is 71.9 Å². The van der Waals surface area contributed by atoms with Crippen LogP contribution in [0.1, 0.15) is 104 Å². The molecule has 0 radical (unpaired) electrons. The Morgan fingerprint density at radius 1 is 0.187 bits per heavy atom. The molecular formula is C45H77N15O15. The summed E-state index contributed by atoms with van der Waals surface area (Å²) in [5.41, 5.74) is 0. The maximum atomic E-state index is 12.9. The molecule has 30 heteroatoms. The van der Waals surface area contributed by atoms with E-state index >= 15 is 0 Å². The summed E-state index contributed by atoms with van der Waals surface area (Å²) in [5, 5.41) is 35.8. The van der Waals surface area contributed by atoms with E-state index in [2.05, 4.69) is 79.8 Å². The first-order chi connectivity index (χ1) is 34.5. The normalized spacial score (nSPS) is 16.3. The summed E-state index contributed by atoms with van der Waals surface area (Å²) >= 11 is 0. The average molecular weight is 1070 g/mol. The van der Waals surface area contributed by atoms with Gasteiger partial charge in [-0.3, -0.25) is 71.9 Å². The first kappa shape index (κ1) is 67.0. The molecule has 0 aliphatic carbocycles. The third-order valence-electron chi connectivity index (χ3n) is 10.8. The fraction of sp³-hybridized carbons (Fsp3) is 0.667. The Balaban J connectivity index is 4.97. The minimum atomic E-state index is -1.25. The second-order valence-electron chi connectivity index (χ2n) is 18.0. The van der Waals surface area contributed by atoms with Gasteiger partial charge in [0, 0.05) is 14.0 Å². The van der Waals surface area contributed by atoms with Gasteiger partial charge in [-0.15, -0.1) is 0 Å². The maximum absolute atomic E-state index is 12.9. The first-order valence-corrected chi connectivity index (χ1v) is 24.0. The molecule has 0 fully saturated rings. The van der Waals surface area contributed by atoms with E-state index in [0.29, 0.717) is 0 Å². The molecule has 30 nitrogen and oxygen atoms in total. The minimum Gasteiger partial charge on any atom is -0.357 e. The Bertz CT molecular complexity index is 2160. The molecule has 0 aromatic heterocycles. The van der Waals surface area contributed by atoms with Gasteiger partial charge in [-0.1, -0.05) is 0 Å². The van der Waals surface area contributed by atoms with Gasteiger partial charge in [0.1, 0.15) is 84.6 Å². The van der Waals surface area contributed by atoms with E-state index in [0.717, 1.165) is 0 Å². The lowest BCUT2D eigenvalue weighted by Crippen LogP contribution is -2.59. The van der Waals surface area contributed by atoms with Gasteiger partial charge in [0.15, 0.2) is 0 Å². The Kier molecular flexibility index (Phi) is 28.2. The van der Waals surface area contributed by atoms with Gasteiger partial charge in [0.05, 0.1) is 0 Å². The Morgan fingerprint density at radius 3 is 0.373 bits per heavy atom. The topological polar surface area (TPSA) is 436 Å². The van der Waals surface area contributed by atoms with Crippen molar-refractivity contribution in [2.24, 2.45) is 0 Å². The largest absolute Gasteiger partial charge is 0.357 e. The van der Waals surface area contributed by atoms with Gasteiger partial charge in [-0.25, -0.2) is 0 Å². The van der Waals surface area contributed by atoms with Crippen molar-refractivity contribution in [3.8, 4) is 0 Å². The van der Waals surface area contributed by atoms with Crippen molar-refractivity contribution in [1.82, 2.24) is 79.8 Å². The Labute approximate surface area is 434 Å². The van der Waals surface area contributed by atoms with Gasteiger partial charge in [-0.2, -0.15) is 0 Å². The summed E-state index contributed by atoms with van der Waals surface area (Å²) in [6.45, 7) is 19.9. The van der Waals surface area contributed by atoms with Crippen molar-refractivity contribution in [2.75, 3.05) is 7.05 Å². The van der Waals surface area contributed by atoms with Gasteiger partial charge in [-0.05, 0) is 96.9 Å². The molecule has 0 unspecified atom stereocenters. The van der Waals surface area contributed by atoms with Crippen molar-refractivity contribution in [3.63, 3.8) is 0 Å². The molecule has 0 rings (SSSR count). The van der Waals surface area contributed by atoms with E-state index in [-0.39, 0.29) is 0 Å². The van der Waals surface area contributed by atoms with E-state index in [4.69, 9.17) is 0 Å². The van der Waals surface area contributed by atoms with E-state index in [9.17, 15) is 71.9 Å². The fourth-order valence-corrected chi connectivity index (χ4v) is 5.84. The third kappa shape index (κ3) is 24.1. The average Bonchev–Trinajstić information content (AvgIpc) is 3.32. The molecule has 0 saturated carbocycles. The number of hydrogen-bond acceptors (Lipinski definition) is 15. The quantitative estimate of drug-likeness (QED) is 0.0346. The van der Waals surface area contributed by atoms with Crippen LogP contribution in [-0.2, 0) is 71.9 Å². The zero-order valence-electron chi connectivity index (χ0n) is 45.2. The summed E-state index contributed by atoms with van der Waals surface area (Å²) in [7, 11) is 1.39. The molecule has 0 bridgehead atoms. The molecule has 15 amide bonds. The molecule has 0 aromatic rings. The summed E-state index contributed by atoms with van der Waals surface area (Å²) in [4.78, 5) is 188. The van der Waals surface area contributed by atoms with Crippen LogP contribution in [0.4, 0.5) is 0 Å². The predicted octanol–water partition coefficient (Wildman–Crippen LogP) is -7.18. The summed E-state index contributed by atoms with van der Waals surface area (Å²) in [5.74, 6) is -10.9. The molecule has 0 aliphatic heterocycles. The lowest BCUT2D eigenvalue weighted by atomic mass is 10.2. The first-order valence-electron chi connectivity index (χ1n) is 24.0. The number of carbonyl (C=O) groups excluding carboxylic acids is 15.